The summed E-state index contributed by atoms with van der Waals surface area (Å²) in [6.07, 6.45) is 0.0508. The maximum atomic E-state index is 12.3. The van der Waals surface area contributed by atoms with Gasteiger partial charge in [0, 0.05) is 27.9 Å². The van der Waals surface area contributed by atoms with Crippen LogP contribution in [0.2, 0.25) is 10.0 Å². The van der Waals surface area contributed by atoms with Crippen LogP contribution in [-0.4, -0.2) is 27.2 Å². The van der Waals surface area contributed by atoms with Gasteiger partial charge >= 0.3 is 0 Å². The Morgan fingerprint density at radius 2 is 1.54 bits per heavy atom. The van der Waals surface area contributed by atoms with Crippen LogP contribution in [0.5, 0.6) is 17.2 Å². The molecule has 7 heteroatoms. The van der Waals surface area contributed by atoms with Crippen molar-refractivity contribution >= 4 is 34.8 Å². The highest BCUT2D eigenvalue weighted by molar-refractivity contribution is 6.36. The van der Waals surface area contributed by atoms with Crippen molar-refractivity contribution in [2.45, 2.75) is 6.42 Å². The van der Waals surface area contributed by atoms with E-state index < -0.39 is 0 Å². The second-order valence-corrected chi connectivity index (χ2v) is 5.65. The van der Waals surface area contributed by atoms with Gasteiger partial charge in [-0.3, -0.25) is 4.79 Å². The highest BCUT2D eigenvalue weighted by Gasteiger charge is 2.16. The third-order valence-corrected chi connectivity index (χ3v) is 4.06. The van der Waals surface area contributed by atoms with Crippen LogP contribution in [0.25, 0.3) is 0 Å². The molecule has 0 atom stereocenters. The Kier molecular flexibility index (Phi) is 6.17. The smallest absolute Gasteiger partial charge is 0.228 e. The molecule has 0 aliphatic heterocycles. The largest absolute Gasteiger partial charge is 0.493 e. The predicted molar refractivity (Wildman–Crippen MR) is 94.9 cm³/mol. The zero-order valence-corrected chi connectivity index (χ0v) is 15.0. The molecule has 24 heavy (non-hydrogen) atoms. The topological polar surface area (TPSA) is 56.8 Å². The number of methoxy groups -OCH3 is 3. The molecule has 1 amide bonds. The quantitative estimate of drug-likeness (QED) is 0.828. The summed E-state index contributed by atoms with van der Waals surface area (Å²) in [5, 5.41) is 3.67. The lowest BCUT2D eigenvalue weighted by molar-refractivity contribution is -0.115. The van der Waals surface area contributed by atoms with E-state index >= 15 is 0 Å². The number of rotatable bonds is 6. The number of halogens is 2. The Bertz CT molecular complexity index is 704. The van der Waals surface area contributed by atoms with Gasteiger partial charge in [0.15, 0.2) is 11.5 Å². The number of carbonyl (C=O) groups is 1. The minimum atomic E-state index is -0.265. The molecule has 0 bridgehead atoms. The van der Waals surface area contributed by atoms with Crippen LogP contribution < -0.4 is 19.5 Å². The molecule has 0 unspecified atom stereocenters. The Hall–Kier alpha value is -2.11. The van der Waals surface area contributed by atoms with Crippen LogP contribution in [0.15, 0.2) is 30.3 Å². The van der Waals surface area contributed by atoms with Crippen molar-refractivity contribution in [3.63, 3.8) is 0 Å². The summed E-state index contributed by atoms with van der Waals surface area (Å²) in [4.78, 5) is 12.3. The predicted octanol–water partition coefficient (Wildman–Crippen LogP) is 4.20. The zero-order valence-electron chi connectivity index (χ0n) is 13.5. The summed E-state index contributed by atoms with van der Waals surface area (Å²) in [7, 11) is 4.52. The van der Waals surface area contributed by atoms with Gasteiger partial charge in [-0.1, -0.05) is 29.3 Å². The summed E-state index contributed by atoms with van der Waals surface area (Å²) in [6.45, 7) is 0. The SMILES string of the molecule is COc1cc(NC(=O)Cc2c(Cl)cccc2Cl)cc(OC)c1OC. The van der Waals surface area contributed by atoms with E-state index in [1.807, 2.05) is 0 Å². The van der Waals surface area contributed by atoms with Gasteiger partial charge in [-0.15, -0.1) is 0 Å². The van der Waals surface area contributed by atoms with Crippen LogP contribution >= 0.6 is 23.2 Å². The molecule has 128 valence electrons. The summed E-state index contributed by atoms with van der Waals surface area (Å²) in [5.41, 5.74) is 1.09. The summed E-state index contributed by atoms with van der Waals surface area (Å²) >= 11 is 12.2. The average molecular weight is 370 g/mol. The molecule has 0 aliphatic carbocycles. The Morgan fingerprint density at radius 1 is 1.00 bits per heavy atom. The van der Waals surface area contributed by atoms with Crippen molar-refractivity contribution in [2.75, 3.05) is 26.6 Å². The third kappa shape index (κ3) is 4.04. The normalized spacial score (nSPS) is 10.2. The lowest BCUT2D eigenvalue weighted by Crippen LogP contribution is -2.15. The molecule has 1 N–H and O–H groups in total. The van der Waals surface area contributed by atoms with Gasteiger partial charge in [-0.25, -0.2) is 0 Å². The van der Waals surface area contributed by atoms with E-state index in [1.54, 1.807) is 30.3 Å². The summed E-state index contributed by atoms with van der Waals surface area (Å²) in [5.74, 6) is 1.08. The molecule has 0 saturated heterocycles. The Balaban J connectivity index is 2.23. The number of nitrogens with one attached hydrogen (secondary N) is 1. The van der Waals surface area contributed by atoms with Crippen LogP contribution in [-0.2, 0) is 11.2 Å². The van der Waals surface area contributed by atoms with Crippen molar-refractivity contribution in [3.05, 3.63) is 45.9 Å². The van der Waals surface area contributed by atoms with Crippen LogP contribution in [0.4, 0.5) is 5.69 Å². The van der Waals surface area contributed by atoms with Gasteiger partial charge in [0.25, 0.3) is 0 Å². The van der Waals surface area contributed by atoms with Gasteiger partial charge < -0.3 is 19.5 Å². The molecule has 0 saturated carbocycles. The second kappa shape index (κ2) is 8.13. The van der Waals surface area contributed by atoms with Crippen molar-refractivity contribution in [1.82, 2.24) is 0 Å². The van der Waals surface area contributed by atoms with Crippen molar-refractivity contribution in [1.29, 1.82) is 0 Å². The number of hydrogen-bond acceptors (Lipinski definition) is 4. The minimum absolute atomic E-state index is 0.0508. The number of hydrogen-bond donors (Lipinski definition) is 1. The van der Waals surface area contributed by atoms with Crippen LogP contribution in [0.3, 0.4) is 0 Å². The number of benzene rings is 2. The van der Waals surface area contributed by atoms with Crippen molar-refractivity contribution in [3.8, 4) is 17.2 Å². The van der Waals surface area contributed by atoms with Gasteiger partial charge in [-0.05, 0) is 17.7 Å². The molecule has 0 spiro atoms. The molecule has 2 rings (SSSR count). The van der Waals surface area contributed by atoms with E-state index in [9.17, 15) is 4.79 Å². The average Bonchev–Trinajstić information content (AvgIpc) is 2.57. The van der Waals surface area contributed by atoms with E-state index in [0.29, 0.717) is 38.5 Å². The summed E-state index contributed by atoms with van der Waals surface area (Å²) < 4.78 is 15.8. The molecule has 2 aromatic carbocycles. The fraction of sp³-hybridized carbons (Fsp3) is 0.235. The molecule has 5 nitrogen and oxygen atoms in total. The monoisotopic (exact) mass is 369 g/mol. The second-order valence-electron chi connectivity index (χ2n) is 4.84. The van der Waals surface area contributed by atoms with Gasteiger partial charge in [0.1, 0.15) is 0 Å². The fourth-order valence-electron chi connectivity index (χ4n) is 2.22. The standard InChI is InChI=1S/C17H17Cl2NO4/c1-22-14-7-10(8-15(23-2)17(14)24-3)20-16(21)9-11-12(18)5-4-6-13(11)19/h4-8H,9H2,1-3H3,(H,20,21). The molecule has 2 aromatic rings. The molecular weight excluding hydrogens is 353 g/mol. The number of ether oxygens (including phenoxy) is 3. The van der Waals surface area contributed by atoms with Gasteiger partial charge in [0.05, 0.1) is 27.8 Å². The van der Waals surface area contributed by atoms with E-state index in [2.05, 4.69) is 5.32 Å². The minimum Gasteiger partial charge on any atom is -0.493 e. The third-order valence-electron chi connectivity index (χ3n) is 3.35. The first-order chi connectivity index (χ1) is 11.5. The molecule has 0 aromatic heterocycles. The van der Waals surface area contributed by atoms with Gasteiger partial charge in [0.2, 0.25) is 11.7 Å². The van der Waals surface area contributed by atoms with E-state index in [-0.39, 0.29) is 12.3 Å². The first kappa shape index (κ1) is 18.2. The number of carbonyl (C=O) groups excluding carboxylic acids is 1. The first-order valence-corrected chi connectivity index (χ1v) is 7.78. The maximum Gasteiger partial charge on any atom is 0.228 e. The van der Waals surface area contributed by atoms with E-state index in [0.717, 1.165) is 0 Å². The zero-order chi connectivity index (χ0) is 17.7. The lowest BCUT2D eigenvalue weighted by Gasteiger charge is -2.15. The first-order valence-electron chi connectivity index (χ1n) is 7.03. The Labute approximate surface area is 150 Å². The van der Waals surface area contributed by atoms with E-state index in [1.165, 1.54) is 21.3 Å². The number of anilines is 1. The fourth-order valence-corrected chi connectivity index (χ4v) is 2.75. The Morgan fingerprint density at radius 3 is 2.00 bits per heavy atom. The van der Waals surface area contributed by atoms with Crippen LogP contribution in [0.1, 0.15) is 5.56 Å². The van der Waals surface area contributed by atoms with Crippen molar-refractivity contribution < 1.29 is 19.0 Å². The summed E-state index contributed by atoms with van der Waals surface area (Å²) in [6, 6.07) is 8.40. The molecular formula is C17H17Cl2NO4. The molecule has 0 fully saturated rings. The van der Waals surface area contributed by atoms with Gasteiger partial charge in [-0.2, -0.15) is 0 Å². The van der Waals surface area contributed by atoms with Crippen molar-refractivity contribution in [2.24, 2.45) is 0 Å². The highest BCUT2D eigenvalue weighted by Crippen LogP contribution is 2.40. The molecule has 0 heterocycles. The van der Waals surface area contributed by atoms with E-state index in [4.69, 9.17) is 37.4 Å². The highest BCUT2D eigenvalue weighted by atomic mass is 35.5. The molecule has 0 aliphatic rings. The lowest BCUT2D eigenvalue weighted by atomic mass is 10.1. The molecule has 0 radical (unpaired) electrons. The number of amides is 1. The maximum absolute atomic E-state index is 12.3. The van der Waals surface area contributed by atoms with Crippen LogP contribution in [0, 0.1) is 0 Å².